The van der Waals surface area contributed by atoms with Crippen LogP contribution in [-0.4, -0.2) is 16.7 Å². The Balaban J connectivity index is 1.78. The van der Waals surface area contributed by atoms with Gasteiger partial charge in [-0.3, -0.25) is 0 Å². The summed E-state index contributed by atoms with van der Waals surface area (Å²) in [5, 5.41) is 11.2. The Morgan fingerprint density at radius 2 is 2.40 bits per heavy atom. The number of rotatable bonds is 3. The van der Waals surface area contributed by atoms with Crippen molar-refractivity contribution in [2.75, 3.05) is 11.9 Å². The van der Waals surface area contributed by atoms with Crippen LogP contribution in [-0.2, 0) is 0 Å². The minimum Gasteiger partial charge on any atom is -0.368 e. The van der Waals surface area contributed by atoms with Crippen LogP contribution in [0.3, 0.4) is 0 Å². The van der Waals surface area contributed by atoms with Gasteiger partial charge in [-0.05, 0) is 36.8 Å². The van der Waals surface area contributed by atoms with Gasteiger partial charge in [0, 0.05) is 12.7 Å². The molecule has 1 heterocycles. The molecular formula is C12H19N3. The fraction of sp³-hybridized carbons (Fsp3) is 0.667. The average Bonchev–Trinajstić information content (AvgIpc) is 2.28. The molecule has 2 unspecified atom stereocenters. The van der Waals surface area contributed by atoms with Crippen molar-refractivity contribution in [2.24, 2.45) is 11.8 Å². The van der Waals surface area contributed by atoms with Gasteiger partial charge < -0.3 is 5.32 Å². The molecule has 2 rings (SSSR count). The van der Waals surface area contributed by atoms with E-state index in [2.05, 4.69) is 22.4 Å². The molecule has 1 aromatic rings. The van der Waals surface area contributed by atoms with E-state index in [1.165, 1.54) is 25.7 Å². The van der Waals surface area contributed by atoms with Gasteiger partial charge in [-0.15, -0.1) is 5.10 Å². The van der Waals surface area contributed by atoms with E-state index in [4.69, 9.17) is 0 Å². The standard InChI is InChI=1S/C12H19N3/c1-10-4-2-5-11(8-10)9-13-12-6-3-7-14-15-12/h3,6-7,10-11H,2,4-5,8-9H2,1H3,(H,13,15). The van der Waals surface area contributed by atoms with Crippen LogP contribution in [0.25, 0.3) is 0 Å². The molecule has 0 aliphatic heterocycles. The zero-order chi connectivity index (χ0) is 10.5. The summed E-state index contributed by atoms with van der Waals surface area (Å²) in [5.41, 5.74) is 0. The highest BCUT2D eigenvalue weighted by Gasteiger charge is 2.18. The highest BCUT2D eigenvalue weighted by Crippen LogP contribution is 2.28. The molecule has 82 valence electrons. The summed E-state index contributed by atoms with van der Waals surface area (Å²) < 4.78 is 0. The fourth-order valence-corrected chi connectivity index (χ4v) is 2.39. The summed E-state index contributed by atoms with van der Waals surface area (Å²) in [6.07, 6.45) is 7.20. The Morgan fingerprint density at radius 1 is 1.47 bits per heavy atom. The Morgan fingerprint density at radius 3 is 3.13 bits per heavy atom. The SMILES string of the molecule is CC1CCCC(CNc2cccnn2)C1. The zero-order valence-electron chi connectivity index (χ0n) is 9.32. The van der Waals surface area contributed by atoms with Gasteiger partial charge in [0.05, 0.1) is 0 Å². The average molecular weight is 205 g/mol. The molecule has 0 amide bonds. The van der Waals surface area contributed by atoms with E-state index in [1.807, 2.05) is 12.1 Å². The summed E-state index contributed by atoms with van der Waals surface area (Å²) in [6, 6.07) is 3.89. The predicted octanol–water partition coefficient (Wildman–Crippen LogP) is 2.71. The molecule has 0 bridgehead atoms. The molecule has 15 heavy (non-hydrogen) atoms. The van der Waals surface area contributed by atoms with Crippen molar-refractivity contribution in [2.45, 2.75) is 32.6 Å². The first-order valence-electron chi connectivity index (χ1n) is 5.86. The van der Waals surface area contributed by atoms with E-state index in [-0.39, 0.29) is 0 Å². The van der Waals surface area contributed by atoms with Crippen LogP contribution >= 0.6 is 0 Å². The lowest BCUT2D eigenvalue weighted by Gasteiger charge is -2.26. The largest absolute Gasteiger partial charge is 0.368 e. The van der Waals surface area contributed by atoms with Crippen molar-refractivity contribution in [3.63, 3.8) is 0 Å². The minimum absolute atomic E-state index is 0.816. The quantitative estimate of drug-likeness (QED) is 0.824. The molecule has 0 saturated heterocycles. The lowest BCUT2D eigenvalue weighted by atomic mass is 9.82. The second kappa shape index (κ2) is 5.10. The van der Waals surface area contributed by atoms with Crippen molar-refractivity contribution < 1.29 is 0 Å². The molecule has 0 radical (unpaired) electrons. The molecule has 0 spiro atoms. The zero-order valence-corrected chi connectivity index (χ0v) is 9.32. The van der Waals surface area contributed by atoms with E-state index >= 15 is 0 Å². The van der Waals surface area contributed by atoms with Crippen molar-refractivity contribution >= 4 is 5.82 Å². The van der Waals surface area contributed by atoms with E-state index in [1.54, 1.807) is 6.20 Å². The maximum atomic E-state index is 4.02. The van der Waals surface area contributed by atoms with E-state index in [9.17, 15) is 0 Å². The molecule has 1 fully saturated rings. The van der Waals surface area contributed by atoms with Crippen molar-refractivity contribution in [3.05, 3.63) is 18.3 Å². The van der Waals surface area contributed by atoms with Gasteiger partial charge in [-0.25, -0.2) is 0 Å². The molecule has 0 aromatic carbocycles. The van der Waals surface area contributed by atoms with Gasteiger partial charge in [0.25, 0.3) is 0 Å². The number of hydrogen-bond donors (Lipinski definition) is 1. The summed E-state index contributed by atoms with van der Waals surface area (Å²) in [6.45, 7) is 3.40. The van der Waals surface area contributed by atoms with Crippen LogP contribution in [0.15, 0.2) is 18.3 Å². The van der Waals surface area contributed by atoms with Crippen LogP contribution < -0.4 is 5.32 Å². The van der Waals surface area contributed by atoms with E-state index in [0.29, 0.717) is 0 Å². The van der Waals surface area contributed by atoms with Crippen LogP contribution in [0.5, 0.6) is 0 Å². The summed E-state index contributed by atoms with van der Waals surface area (Å²) in [5.74, 6) is 2.61. The van der Waals surface area contributed by atoms with Crippen LogP contribution in [0, 0.1) is 11.8 Å². The molecule has 1 saturated carbocycles. The smallest absolute Gasteiger partial charge is 0.148 e. The number of nitrogens with one attached hydrogen (secondary N) is 1. The van der Waals surface area contributed by atoms with Crippen molar-refractivity contribution in [1.29, 1.82) is 0 Å². The highest BCUT2D eigenvalue weighted by molar-refractivity contribution is 5.31. The third-order valence-corrected chi connectivity index (χ3v) is 3.19. The maximum absolute atomic E-state index is 4.02. The van der Waals surface area contributed by atoms with Gasteiger partial charge >= 0.3 is 0 Å². The van der Waals surface area contributed by atoms with E-state index in [0.717, 1.165) is 24.2 Å². The Hall–Kier alpha value is -1.12. The van der Waals surface area contributed by atoms with Crippen molar-refractivity contribution in [3.8, 4) is 0 Å². The number of nitrogens with zero attached hydrogens (tertiary/aromatic N) is 2. The molecule has 3 heteroatoms. The molecule has 2 atom stereocenters. The topological polar surface area (TPSA) is 37.8 Å². The number of hydrogen-bond acceptors (Lipinski definition) is 3. The monoisotopic (exact) mass is 205 g/mol. The van der Waals surface area contributed by atoms with Gasteiger partial charge in [0.1, 0.15) is 5.82 Å². The van der Waals surface area contributed by atoms with Crippen LogP contribution in [0.2, 0.25) is 0 Å². The Labute approximate surface area is 91.3 Å². The van der Waals surface area contributed by atoms with Crippen LogP contribution in [0.4, 0.5) is 5.82 Å². The minimum atomic E-state index is 0.816. The van der Waals surface area contributed by atoms with Gasteiger partial charge in [-0.1, -0.05) is 19.8 Å². The first-order valence-corrected chi connectivity index (χ1v) is 5.86. The predicted molar refractivity (Wildman–Crippen MR) is 61.6 cm³/mol. The van der Waals surface area contributed by atoms with E-state index < -0.39 is 0 Å². The van der Waals surface area contributed by atoms with Gasteiger partial charge in [0.15, 0.2) is 0 Å². The normalized spacial score (nSPS) is 26.2. The lowest BCUT2D eigenvalue weighted by Crippen LogP contribution is -2.21. The first-order chi connectivity index (χ1) is 7.34. The summed E-state index contributed by atoms with van der Waals surface area (Å²) >= 11 is 0. The van der Waals surface area contributed by atoms with Crippen LogP contribution in [0.1, 0.15) is 32.6 Å². The fourth-order valence-electron chi connectivity index (χ4n) is 2.39. The molecular weight excluding hydrogens is 186 g/mol. The molecule has 1 aromatic heterocycles. The van der Waals surface area contributed by atoms with Gasteiger partial charge in [0.2, 0.25) is 0 Å². The molecule has 1 aliphatic rings. The van der Waals surface area contributed by atoms with Crippen molar-refractivity contribution in [1.82, 2.24) is 10.2 Å². The number of anilines is 1. The molecule has 1 N–H and O–H groups in total. The third-order valence-electron chi connectivity index (χ3n) is 3.19. The third kappa shape index (κ3) is 3.18. The maximum Gasteiger partial charge on any atom is 0.148 e. The van der Waals surface area contributed by atoms with Gasteiger partial charge in [-0.2, -0.15) is 5.10 Å². The Kier molecular flexibility index (Phi) is 3.54. The lowest BCUT2D eigenvalue weighted by molar-refractivity contribution is 0.293. The number of aromatic nitrogens is 2. The second-order valence-corrected chi connectivity index (χ2v) is 4.63. The summed E-state index contributed by atoms with van der Waals surface area (Å²) in [7, 11) is 0. The molecule has 1 aliphatic carbocycles. The second-order valence-electron chi connectivity index (χ2n) is 4.63. The molecule has 3 nitrogen and oxygen atoms in total. The summed E-state index contributed by atoms with van der Waals surface area (Å²) in [4.78, 5) is 0. The highest BCUT2D eigenvalue weighted by atomic mass is 15.2. The Bertz CT molecular complexity index is 286. The first kappa shape index (κ1) is 10.4.